The summed E-state index contributed by atoms with van der Waals surface area (Å²) in [5.41, 5.74) is 2.16. The largest absolute Gasteiger partial charge is 0.506 e. The van der Waals surface area contributed by atoms with Gasteiger partial charge >= 0.3 is 8.03 Å². The monoisotopic (exact) mass is 245 g/mol. The molecule has 0 aliphatic carbocycles. The van der Waals surface area contributed by atoms with E-state index in [-0.39, 0.29) is 12.1 Å². The maximum atomic E-state index is 11.1. The van der Waals surface area contributed by atoms with E-state index in [2.05, 4.69) is 0 Å². The van der Waals surface area contributed by atoms with E-state index in [0.29, 0.717) is 0 Å². The standard InChI is InChI=1S/C14H13O2P/c15-17(16)11-14(12-7-3-1-4-8-12)13-9-5-2-6-10-13/h1-10,14H,11H2/p+1. The first kappa shape index (κ1) is 12.0. The zero-order valence-corrected chi connectivity index (χ0v) is 10.3. The molecule has 0 fully saturated rings. The van der Waals surface area contributed by atoms with Crippen LogP contribution in [-0.2, 0) is 4.57 Å². The predicted molar refractivity (Wildman–Crippen MR) is 69.4 cm³/mol. The molecule has 0 radical (unpaired) electrons. The second kappa shape index (κ2) is 5.72. The van der Waals surface area contributed by atoms with E-state index < -0.39 is 8.03 Å². The van der Waals surface area contributed by atoms with E-state index in [0.717, 1.165) is 11.1 Å². The van der Waals surface area contributed by atoms with Gasteiger partial charge in [0.05, 0.1) is 5.92 Å². The molecule has 0 aromatic heterocycles. The van der Waals surface area contributed by atoms with Crippen molar-refractivity contribution < 1.29 is 9.46 Å². The molecule has 2 aromatic rings. The van der Waals surface area contributed by atoms with Crippen LogP contribution in [0, 0.1) is 0 Å². The minimum atomic E-state index is -2.14. The molecule has 0 spiro atoms. The van der Waals surface area contributed by atoms with Gasteiger partial charge in [0.15, 0.2) is 6.16 Å². The minimum Gasteiger partial charge on any atom is -0.161 e. The highest BCUT2D eigenvalue weighted by Crippen LogP contribution is 2.31. The summed E-state index contributed by atoms with van der Waals surface area (Å²) < 4.78 is 11.1. The van der Waals surface area contributed by atoms with E-state index in [4.69, 9.17) is 4.89 Å². The van der Waals surface area contributed by atoms with Crippen molar-refractivity contribution in [3.8, 4) is 0 Å². The van der Waals surface area contributed by atoms with Crippen LogP contribution in [0.15, 0.2) is 60.7 Å². The number of hydrogen-bond donors (Lipinski definition) is 1. The van der Waals surface area contributed by atoms with Gasteiger partial charge in [0, 0.05) is 0 Å². The Bertz CT molecular complexity index is 443. The third-order valence-corrected chi connectivity index (χ3v) is 3.42. The van der Waals surface area contributed by atoms with Gasteiger partial charge in [-0.2, -0.15) is 4.89 Å². The smallest absolute Gasteiger partial charge is 0.161 e. The highest BCUT2D eigenvalue weighted by Gasteiger charge is 2.24. The Labute approximate surface area is 102 Å². The van der Waals surface area contributed by atoms with Gasteiger partial charge in [-0.3, -0.25) is 0 Å². The average molecular weight is 245 g/mol. The Morgan fingerprint density at radius 3 is 1.65 bits per heavy atom. The Morgan fingerprint density at radius 2 is 1.29 bits per heavy atom. The molecule has 17 heavy (non-hydrogen) atoms. The molecular formula is C14H14O2P+. The van der Waals surface area contributed by atoms with Crippen molar-refractivity contribution in [2.45, 2.75) is 5.92 Å². The summed E-state index contributed by atoms with van der Waals surface area (Å²) in [6.45, 7) is 0. The fraction of sp³-hybridized carbons (Fsp3) is 0.143. The molecule has 0 amide bonds. The summed E-state index contributed by atoms with van der Waals surface area (Å²) in [7, 11) is -2.14. The predicted octanol–water partition coefficient (Wildman–Crippen LogP) is 3.55. The molecule has 2 rings (SSSR count). The lowest BCUT2D eigenvalue weighted by Crippen LogP contribution is -2.03. The molecule has 1 N–H and O–H groups in total. The fourth-order valence-electron chi connectivity index (χ4n) is 1.93. The third kappa shape index (κ3) is 3.23. The van der Waals surface area contributed by atoms with Crippen LogP contribution in [0.1, 0.15) is 17.0 Å². The zero-order valence-electron chi connectivity index (χ0n) is 9.36. The van der Waals surface area contributed by atoms with Crippen molar-refractivity contribution in [1.29, 1.82) is 0 Å². The van der Waals surface area contributed by atoms with Crippen molar-refractivity contribution >= 4 is 8.03 Å². The summed E-state index contributed by atoms with van der Waals surface area (Å²) >= 11 is 0. The maximum absolute atomic E-state index is 11.1. The minimum absolute atomic E-state index is 0.00832. The first-order chi connectivity index (χ1) is 8.27. The Kier molecular flexibility index (Phi) is 4.03. The van der Waals surface area contributed by atoms with Crippen molar-refractivity contribution in [2.75, 3.05) is 6.16 Å². The van der Waals surface area contributed by atoms with E-state index in [1.807, 2.05) is 60.7 Å². The molecule has 1 unspecified atom stereocenters. The van der Waals surface area contributed by atoms with Gasteiger partial charge in [0.2, 0.25) is 0 Å². The van der Waals surface area contributed by atoms with Gasteiger partial charge in [-0.05, 0) is 15.7 Å². The maximum Gasteiger partial charge on any atom is 0.506 e. The molecule has 2 aromatic carbocycles. The Balaban J connectivity index is 2.36. The quantitative estimate of drug-likeness (QED) is 0.836. The molecule has 0 saturated carbocycles. The average Bonchev–Trinajstić information content (AvgIpc) is 2.38. The van der Waals surface area contributed by atoms with Crippen LogP contribution >= 0.6 is 8.03 Å². The van der Waals surface area contributed by atoms with Gasteiger partial charge in [-0.1, -0.05) is 60.7 Å². The van der Waals surface area contributed by atoms with Crippen molar-refractivity contribution in [3.05, 3.63) is 71.8 Å². The molecule has 0 aliphatic rings. The summed E-state index contributed by atoms with van der Waals surface area (Å²) in [6, 6.07) is 19.7. The molecule has 0 saturated heterocycles. The van der Waals surface area contributed by atoms with E-state index >= 15 is 0 Å². The van der Waals surface area contributed by atoms with Gasteiger partial charge < -0.3 is 0 Å². The first-order valence-corrected chi connectivity index (χ1v) is 6.90. The molecule has 0 aliphatic heterocycles. The second-order valence-corrected chi connectivity index (χ2v) is 4.98. The van der Waals surface area contributed by atoms with Gasteiger partial charge in [-0.15, -0.1) is 0 Å². The third-order valence-electron chi connectivity index (χ3n) is 2.74. The van der Waals surface area contributed by atoms with Crippen LogP contribution in [0.4, 0.5) is 0 Å². The topological polar surface area (TPSA) is 37.3 Å². The van der Waals surface area contributed by atoms with E-state index in [1.54, 1.807) is 0 Å². The van der Waals surface area contributed by atoms with Crippen LogP contribution in [0.3, 0.4) is 0 Å². The van der Waals surface area contributed by atoms with E-state index in [1.165, 1.54) is 0 Å². The highest BCUT2D eigenvalue weighted by atomic mass is 31.1. The molecule has 3 heteroatoms. The zero-order chi connectivity index (χ0) is 12.1. The molecule has 0 bridgehead atoms. The first-order valence-electron chi connectivity index (χ1n) is 5.51. The second-order valence-electron chi connectivity index (χ2n) is 3.91. The highest BCUT2D eigenvalue weighted by molar-refractivity contribution is 7.38. The van der Waals surface area contributed by atoms with Crippen molar-refractivity contribution in [1.82, 2.24) is 0 Å². The summed E-state index contributed by atoms with van der Waals surface area (Å²) in [6.07, 6.45) is 0.267. The van der Waals surface area contributed by atoms with Crippen molar-refractivity contribution in [3.63, 3.8) is 0 Å². The molecule has 1 atom stereocenters. The van der Waals surface area contributed by atoms with Gasteiger partial charge in [-0.25, -0.2) is 0 Å². The summed E-state index contributed by atoms with van der Waals surface area (Å²) in [5.74, 6) is -0.00832. The SMILES string of the molecule is O=[P+](O)CC(c1ccccc1)c1ccccc1. The van der Waals surface area contributed by atoms with Crippen LogP contribution in [0.2, 0.25) is 0 Å². The molecule has 2 nitrogen and oxygen atoms in total. The van der Waals surface area contributed by atoms with Gasteiger partial charge in [0.25, 0.3) is 0 Å². The van der Waals surface area contributed by atoms with Crippen LogP contribution < -0.4 is 0 Å². The Morgan fingerprint density at radius 1 is 0.882 bits per heavy atom. The number of rotatable bonds is 4. The summed E-state index contributed by atoms with van der Waals surface area (Å²) in [4.78, 5) is 9.15. The Hall–Kier alpha value is -1.50. The lowest BCUT2D eigenvalue weighted by Gasteiger charge is -2.12. The lowest BCUT2D eigenvalue weighted by molar-refractivity contribution is 0.500. The van der Waals surface area contributed by atoms with Crippen LogP contribution in [0.5, 0.6) is 0 Å². The molecular weight excluding hydrogens is 231 g/mol. The van der Waals surface area contributed by atoms with Crippen LogP contribution in [0.25, 0.3) is 0 Å². The number of benzene rings is 2. The van der Waals surface area contributed by atoms with Crippen molar-refractivity contribution in [2.24, 2.45) is 0 Å². The molecule has 86 valence electrons. The van der Waals surface area contributed by atoms with Gasteiger partial charge in [0.1, 0.15) is 0 Å². The summed E-state index contributed by atoms with van der Waals surface area (Å²) in [5, 5.41) is 0. The van der Waals surface area contributed by atoms with E-state index in [9.17, 15) is 4.57 Å². The number of hydrogen-bond acceptors (Lipinski definition) is 1. The lowest BCUT2D eigenvalue weighted by atomic mass is 9.93. The normalized spacial score (nSPS) is 11.5. The van der Waals surface area contributed by atoms with Crippen LogP contribution in [-0.4, -0.2) is 11.1 Å². The molecule has 0 heterocycles. The fourth-order valence-corrected chi connectivity index (χ4v) is 2.66.